The van der Waals surface area contributed by atoms with Crippen molar-refractivity contribution < 1.29 is 0 Å². The molecule has 15 heavy (non-hydrogen) atoms. The molecule has 0 spiro atoms. The highest BCUT2D eigenvalue weighted by molar-refractivity contribution is 6.20. The Morgan fingerprint density at radius 1 is 1.20 bits per heavy atom. The van der Waals surface area contributed by atoms with E-state index in [1.54, 1.807) is 0 Å². The largest absolute Gasteiger partial charge is 0.301 e. The van der Waals surface area contributed by atoms with Crippen LogP contribution in [0.4, 0.5) is 0 Å². The third-order valence-electron chi connectivity index (χ3n) is 2.45. The Morgan fingerprint density at radius 2 is 1.73 bits per heavy atom. The second-order valence-corrected chi connectivity index (χ2v) is 4.89. The van der Waals surface area contributed by atoms with Crippen LogP contribution in [0.15, 0.2) is 24.3 Å². The van der Waals surface area contributed by atoms with Crippen LogP contribution in [-0.2, 0) is 13.0 Å². The van der Waals surface area contributed by atoms with Crippen molar-refractivity contribution in [3.05, 3.63) is 35.4 Å². The number of aryl methyl sites for hydroxylation is 1. The van der Waals surface area contributed by atoms with Gasteiger partial charge >= 0.3 is 0 Å². The minimum Gasteiger partial charge on any atom is -0.301 e. The van der Waals surface area contributed by atoms with Crippen molar-refractivity contribution in [2.75, 3.05) is 13.6 Å². The highest BCUT2D eigenvalue weighted by atomic mass is 35.5. The molecule has 1 atom stereocenters. The molecule has 0 aliphatic carbocycles. The minimum absolute atomic E-state index is 0.213. The first-order valence-electron chi connectivity index (χ1n) is 5.52. The summed E-state index contributed by atoms with van der Waals surface area (Å²) >= 11 is 5.94. The van der Waals surface area contributed by atoms with Gasteiger partial charge in [0.15, 0.2) is 0 Å². The van der Waals surface area contributed by atoms with Crippen LogP contribution >= 0.6 is 11.6 Å². The molecule has 1 unspecified atom stereocenters. The van der Waals surface area contributed by atoms with Gasteiger partial charge in [-0.2, -0.15) is 0 Å². The molecular weight excluding hydrogens is 206 g/mol. The van der Waals surface area contributed by atoms with E-state index < -0.39 is 0 Å². The zero-order valence-corrected chi connectivity index (χ0v) is 10.6. The molecule has 1 rings (SSSR count). The third-order valence-corrected chi connectivity index (χ3v) is 2.58. The predicted octanol–water partition coefficient (Wildman–Crippen LogP) is 3.31. The Morgan fingerprint density at radius 3 is 2.20 bits per heavy atom. The lowest BCUT2D eigenvalue weighted by Gasteiger charge is -2.18. The number of hydrogen-bond acceptors (Lipinski definition) is 1. The minimum atomic E-state index is 0.213. The summed E-state index contributed by atoms with van der Waals surface area (Å²) in [4.78, 5) is 2.25. The maximum absolute atomic E-state index is 5.94. The standard InChI is InChI=1S/C13H20ClN/c1-4-12-5-7-13(8-6-12)10-15(3)9-11(2)14/h5-8,11H,4,9-10H2,1-3H3. The molecule has 1 nitrogen and oxygen atoms in total. The monoisotopic (exact) mass is 225 g/mol. The molecule has 0 aliphatic rings. The quantitative estimate of drug-likeness (QED) is 0.695. The summed E-state index contributed by atoms with van der Waals surface area (Å²) in [7, 11) is 2.10. The summed E-state index contributed by atoms with van der Waals surface area (Å²) in [5, 5.41) is 0.213. The second-order valence-electron chi connectivity index (χ2n) is 4.15. The molecule has 2 heteroatoms. The lowest BCUT2D eigenvalue weighted by molar-refractivity contribution is 0.330. The molecule has 0 heterocycles. The van der Waals surface area contributed by atoms with Crippen LogP contribution in [0.1, 0.15) is 25.0 Å². The summed E-state index contributed by atoms with van der Waals surface area (Å²) in [6.45, 7) is 6.10. The molecular formula is C13H20ClN. The molecule has 0 aliphatic heterocycles. The number of hydrogen-bond donors (Lipinski definition) is 0. The molecule has 0 radical (unpaired) electrons. The summed E-state index contributed by atoms with van der Waals surface area (Å²) in [6.07, 6.45) is 1.11. The van der Waals surface area contributed by atoms with Crippen molar-refractivity contribution in [2.24, 2.45) is 0 Å². The molecule has 0 fully saturated rings. The van der Waals surface area contributed by atoms with Crippen LogP contribution in [0.2, 0.25) is 0 Å². The van der Waals surface area contributed by atoms with Crippen molar-refractivity contribution in [3.63, 3.8) is 0 Å². The van der Waals surface area contributed by atoms with Crippen LogP contribution in [0.5, 0.6) is 0 Å². The number of rotatable bonds is 5. The number of nitrogens with zero attached hydrogens (tertiary/aromatic N) is 1. The lowest BCUT2D eigenvalue weighted by atomic mass is 10.1. The van der Waals surface area contributed by atoms with Gasteiger partial charge in [-0.05, 0) is 31.5 Å². The summed E-state index contributed by atoms with van der Waals surface area (Å²) < 4.78 is 0. The van der Waals surface area contributed by atoms with E-state index in [-0.39, 0.29) is 5.38 Å². The molecule has 0 saturated heterocycles. The van der Waals surface area contributed by atoms with Gasteiger partial charge in [-0.15, -0.1) is 11.6 Å². The van der Waals surface area contributed by atoms with Crippen molar-refractivity contribution in [2.45, 2.75) is 32.2 Å². The van der Waals surface area contributed by atoms with Gasteiger partial charge < -0.3 is 4.90 Å². The van der Waals surface area contributed by atoms with Crippen molar-refractivity contribution >= 4 is 11.6 Å². The first-order chi connectivity index (χ1) is 7.11. The smallest absolute Gasteiger partial charge is 0.0435 e. The Bertz CT molecular complexity index is 279. The van der Waals surface area contributed by atoms with Gasteiger partial charge in [0, 0.05) is 18.5 Å². The van der Waals surface area contributed by atoms with Gasteiger partial charge in [-0.1, -0.05) is 31.2 Å². The van der Waals surface area contributed by atoms with Gasteiger partial charge in [-0.3, -0.25) is 0 Å². The maximum atomic E-state index is 5.94. The zero-order chi connectivity index (χ0) is 11.3. The van der Waals surface area contributed by atoms with Crippen LogP contribution in [0, 0.1) is 0 Å². The summed E-state index contributed by atoms with van der Waals surface area (Å²) in [5.41, 5.74) is 2.75. The fourth-order valence-corrected chi connectivity index (χ4v) is 1.92. The first-order valence-corrected chi connectivity index (χ1v) is 5.96. The van der Waals surface area contributed by atoms with E-state index in [2.05, 4.69) is 43.1 Å². The zero-order valence-electron chi connectivity index (χ0n) is 9.83. The predicted molar refractivity (Wildman–Crippen MR) is 67.5 cm³/mol. The molecule has 0 saturated carbocycles. The summed E-state index contributed by atoms with van der Waals surface area (Å²) in [6, 6.07) is 8.81. The first kappa shape index (κ1) is 12.5. The SMILES string of the molecule is CCc1ccc(CN(C)CC(C)Cl)cc1. The van der Waals surface area contributed by atoms with E-state index in [1.165, 1.54) is 11.1 Å². The number of alkyl halides is 1. The molecule has 1 aromatic rings. The van der Waals surface area contributed by atoms with Crippen LogP contribution in [-0.4, -0.2) is 23.9 Å². The average Bonchev–Trinajstić information content (AvgIpc) is 2.17. The van der Waals surface area contributed by atoms with Gasteiger partial charge in [0.25, 0.3) is 0 Å². The summed E-state index contributed by atoms with van der Waals surface area (Å²) in [5.74, 6) is 0. The number of halogens is 1. The highest BCUT2D eigenvalue weighted by Crippen LogP contribution is 2.08. The fourth-order valence-electron chi connectivity index (χ4n) is 1.69. The van der Waals surface area contributed by atoms with Crippen molar-refractivity contribution in [1.29, 1.82) is 0 Å². The Labute approximate surface area is 98.0 Å². The van der Waals surface area contributed by atoms with E-state index in [0.717, 1.165) is 19.5 Å². The fraction of sp³-hybridized carbons (Fsp3) is 0.538. The van der Waals surface area contributed by atoms with Crippen LogP contribution < -0.4 is 0 Å². The Balaban J connectivity index is 2.49. The van der Waals surface area contributed by atoms with Crippen molar-refractivity contribution in [3.8, 4) is 0 Å². The van der Waals surface area contributed by atoms with E-state index in [0.29, 0.717) is 0 Å². The van der Waals surface area contributed by atoms with Gasteiger partial charge in [0.05, 0.1) is 0 Å². The average molecular weight is 226 g/mol. The van der Waals surface area contributed by atoms with Gasteiger partial charge in [-0.25, -0.2) is 0 Å². The molecule has 1 aromatic carbocycles. The topological polar surface area (TPSA) is 3.24 Å². The van der Waals surface area contributed by atoms with E-state index >= 15 is 0 Å². The van der Waals surface area contributed by atoms with E-state index in [9.17, 15) is 0 Å². The van der Waals surface area contributed by atoms with E-state index in [1.807, 2.05) is 6.92 Å². The molecule has 84 valence electrons. The van der Waals surface area contributed by atoms with Crippen molar-refractivity contribution in [1.82, 2.24) is 4.90 Å². The lowest BCUT2D eigenvalue weighted by Crippen LogP contribution is -2.24. The maximum Gasteiger partial charge on any atom is 0.0435 e. The highest BCUT2D eigenvalue weighted by Gasteiger charge is 2.03. The second kappa shape index (κ2) is 6.14. The number of benzene rings is 1. The third kappa shape index (κ3) is 4.67. The Hall–Kier alpha value is -0.530. The molecule has 0 N–H and O–H groups in total. The molecule has 0 aromatic heterocycles. The van der Waals surface area contributed by atoms with Gasteiger partial charge in [0.2, 0.25) is 0 Å². The van der Waals surface area contributed by atoms with Crippen LogP contribution in [0.3, 0.4) is 0 Å². The van der Waals surface area contributed by atoms with Gasteiger partial charge in [0.1, 0.15) is 0 Å². The van der Waals surface area contributed by atoms with E-state index in [4.69, 9.17) is 11.6 Å². The normalized spacial score (nSPS) is 13.1. The molecule has 0 amide bonds. The van der Waals surface area contributed by atoms with Crippen LogP contribution in [0.25, 0.3) is 0 Å². The molecule has 0 bridgehead atoms. The Kier molecular flexibility index (Phi) is 5.13.